The van der Waals surface area contributed by atoms with Gasteiger partial charge in [0.25, 0.3) is 5.82 Å². The van der Waals surface area contributed by atoms with Crippen molar-refractivity contribution in [2.75, 3.05) is 18.0 Å². The monoisotopic (exact) mass is 397 g/mol. The molecular weight excluding hydrogens is 384 g/mol. The lowest BCUT2D eigenvalue weighted by atomic mass is 9.96. The number of rotatable bonds is 2. The highest BCUT2D eigenvalue weighted by molar-refractivity contribution is 5.73. The summed E-state index contributed by atoms with van der Waals surface area (Å²) in [7, 11) is 0. The molecule has 0 saturated carbocycles. The van der Waals surface area contributed by atoms with Crippen molar-refractivity contribution in [1.82, 2.24) is 19.8 Å². The molecule has 2 atom stereocenters. The molecule has 1 N–H and O–H groups in total. The van der Waals surface area contributed by atoms with Crippen molar-refractivity contribution in [3.8, 4) is 0 Å². The first-order valence-electron chi connectivity index (χ1n) is 7.66. The van der Waals surface area contributed by atoms with Crippen molar-refractivity contribution in [3.63, 3.8) is 0 Å². The van der Waals surface area contributed by atoms with Crippen LogP contribution in [0.5, 0.6) is 0 Å². The standard InChI is InChI=1S/C14H13F6N5O2/c1-5-6(2)10(23-25-9(5)21-22-12(25)14(18,19)20)24-3-7(11(26)27)8(4-24)13(15,16)17/h7-8H,3-4H2,1-2H3,(H,26,27)/t7-,8-/m1/s1. The number of carboxylic acids is 1. The summed E-state index contributed by atoms with van der Waals surface area (Å²) < 4.78 is 79.2. The summed E-state index contributed by atoms with van der Waals surface area (Å²) >= 11 is 0. The van der Waals surface area contributed by atoms with Gasteiger partial charge >= 0.3 is 18.3 Å². The van der Waals surface area contributed by atoms with E-state index in [0.717, 1.165) is 4.90 Å². The number of anilines is 1. The smallest absolute Gasteiger partial charge is 0.453 e. The quantitative estimate of drug-likeness (QED) is 0.784. The van der Waals surface area contributed by atoms with E-state index in [4.69, 9.17) is 5.11 Å². The minimum atomic E-state index is -4.87. The van der Waals surface area contributed by atoms with Crippen LogP contribution in [0.3, 0.4) is 0 Å². The molecule has 3 rings (SSSR count). The van der Waals surface area contributed by atoms with Gasteiger partial charge in [-0.05, 0) is 13.8 Å². The lowest BCUT2D eigenvalue weighted by Gasteiger charge is -2.21. The number of carboxylic acid groups (broad SMARTS) is 1. The maximum atomic E-state index is 13.2. The van der Waals surface area contributed by atoms with Crippen molar-refractivity contribution in [2.45, 2.75) is 26.2 Å². The molecule has 148 valence electrons. The Labute approximate surface area is 147 Å². The second kappa shape index (κ2) is 5.96. The van der Waals surface area contributed by atoms with Crippen LogP contribution >= 0.6 is 0 Å². The summed E-state index contributed by atoms with van der Waals surface area (Å²) in [6, 6.07) is 0. The van der Waals surface area contributed by atoms with E-state index < -0.39 is 49.1 Å². The molecule has 0 amide bonds. The van der Waals surface area contributed by atoms with Crippen LogP contribution in [-0.4, -0.2) is 50.2 Å². The Kier molecular flexibility index (Phi) is 4.23. The molecule has 13 heteroatoms. The number of aromatic nitrogens is 4. The third-order valence-electron chi connectivity index (χ3n) is 4.68. The molecule has 7 nitrogen and oxygen atoms in total. The van der Waals surface area contributed by atoms with Gasteiger partial charge in [0.05, 0.1) is 11.8 Å². The Balaban J connectivity index is 2.12. The molecule has 3 heterocycles. The molecule has 1 fully saturated rings. The second-order valence-corrected chi connectivity index (χ2v) is 6.33. The molecule has 0 bridgehead atoms. The maximum absolute atomic E-state index is 13.2. The Morgan fingerprint density at radius 3 is 2.19 bits per heavy atom. The predicted molar refractivity (Wildman–Crippen MR) is 78.1 cm³/mol. The van der Waals surface area contributed by atoms with E-state index in [-0.39, 0.29) is 17.0 Å². The highest BCUT2D eigenvalue weighted by Crippen LogP contribution is 2.40. The molecule has 1 aliphatic heterocycles. The molecule has 2 aromatic rings. The summed E-state index contributed by atoms with van der Waals surface area (Å²) in [5, 5.41) is 19.4. The van der Waals surface area contributed by atoms with Crippen LogP contribution in [0, 0.1) is 25.7 Å². The molecule has 1 aliphatic rings. The Morgan fingerprint density at radius 1 is 1.07 bits per heavy atom. The third kappa shape index (κ3) is 3.14. The molecule has 27 heavy (non-hydrogen) atoms. The van der Waals surface area contributed by atoms with Crippen LogP contribution in [0.25, 0.3) is 5.65 Å². The van der Waals surface area contributed by atoms with E-state index in [1.165, 1.54) is 13.8 Å². The van der Waals surface area contributed by atoms with Gasteiger partial charge in [-0.3, -0.25) is 4.79 Å². The van der Waals surface area contributed by atoms with Gasteiger partial charge in [-0.15, -0.1) is 15.3 Å². The number of hydrogen-bond donors (Lipinski definition) is 1. The zero-order chi connectivity index (χ0) is 20.3. The number of hydrogen-bond acceptors (Lipinski definition) is 5. The molecule has 2 aromatic heterocycles. The van der Waals surface area contributed by atoms with Crippen molar-refractivity contribution in [2.24, 2.45) is 11.8 Å². The highest BCUT2D eigenvalue weighted by Gasteiger charge is 2.53. The molecule has 0 unspecified atom stereocenters. The van der Waals surface area contributed by atoms with Gasteiger partial charge in [-0.2, -0.15) is 30.9 Å². The minimum Gasteiger partial charge on any atom is -0.481 e. The van der Waals surface area contributed by atoms with Crippen LogP contribution in [0.4, 0.5) is 32.2 Å². The second-order valence-electron chi connectivity index (χ2n) is 6.33. The Morgan fingerprint density at radius 2 is 1.70 bits per heavy atom. The number of aryl methyl sites for hydroxylation is 1. The Bertz CT molecular complexity index is 906. The molecule has 0 aliphatic carbocycles. The normalized spacial score (nSPS) is 21.3. The van der Waals surface area contributed by atoms with Gasteiger partial charge in [0.15, 0.2) is 11.5 Å². The summed E-state index contributed by atoms with van der Waals surface area (Å²) in [5.41, 5.74) is 0.380. The van der Waals surface area contributed by atoms with Crippen LogP contribution in [0.1, 0.15) is 17.0 Å². The lowest BCUT2D eigenvalue weighted by Crippen LogP contribution is -2.33. The highest BCUT2D eigenvalue weighted by atomic mass is 19.4. The zero-order valence-corrected chi connectivity index (χ0v) is 13.9. The van der Waals surface area contributed by atoms with Crippen molar-refractivity contribution in [1.29, 1.82) is 0 Å². The fraction of sp³-hybridized carbons (Fsp3) is 0.571. The summed E-state index contributed by atoms with van der Waals surface area (Å²) in [4.78, 5) is 12.3. The number of aliphatic carboxylic acids is 1. The molecular formula is C14H13F6N5O2. The van der Waals surface area contributed by atoms with Crippen LogP contribution in [0.2, 0.25) is 0 Å². The molecule has 0 aromatic carbocycles. The maximum Gasteiger partial charge on any atom is 0.453 e. The zero-order valence-electron chi connectivity index (χ0n) is 13.9. The number of carbonyl (C=O) groups is 1. The Hall–Kier alpha value is -2.60. The number of halogens is 6. The lowest BCUT2D eigenvalue weighted by molar-refractivity contribution is -0.187. The van der Waals surface area contributed by atoms with Gasteiger partial charge in [-0.1, -0.05) is 0 Å². The van der Waals surface area contributed by atoms with E-state index in [2.05, 4.69) is 15.3 Å². The van der Waals surface area contributed by atoms with Crippen molar-refractivity contribution >= 4 is 17.4 Å². The third-order valence-corrected chi connectivity index (χ3v) is 4.68. The predicted octanol–water partition coefficient (Wildman–Crippen LogP) is 2.46. The van der Waals surface area contributed by atoms with E-state index in [1.807, 2.05) is 0 Å². The van der Waals surface area contributed by atoms with Crippen molar-refractivity contribution < 1.29 is 36.2 Å². The van der Waals surface area contributed by atoms with Gasteiger partial charge in [0.1, 0.15) is 0 Å². The van der Waals surface area contributed by atoms with E-state index in [1.54, 1.807) is 0 Å². The topological polar surface area (TPSA) is 83.6 Å². The van der Waals surface area contributed by atoms with Crippen LogP contribution in [0.15, 0.2) is 0 Å². The van der Waals surface area contributed by atoms with Gasteiger partial charge in [-0.25, -0.2) is 0 Å². The van der Waals surface area contributed by atoms with E-state index in [9.17, 15) is 31.1 Å². The SMILES string of the molecule is Cc1c(N2C[C@@H](C(F)(F)F)[C@H](C(=O)O)C2)nn2c(C(F)(F)F)nnc2c1C. The van der Waals surface area contributed by atoms with Crippen LogP contribution < -0.4 is 4.90 Å². The van der Waals surface area contributed by atoms with Gasteiger partial charge in [0.2, 0.25) is 0 Å². The first-order valence-corrected chi connectivity index (χ1v) is 7.66. The van der Waals surface area contributed by atoms with Crippen LogP contribution in [-0.2, 0) is 11.0 Å². The minimum absolute atomic E-state index is 0.164. The largest absolute Gasteiger partial charge is 0.481 e. The first kappa shape index (κ1) is 19.2. The average molecular weight is 397 g/mol. The number of alkyl halides is 6. The van der Waals surface area contributed by atoms with Gasteiger partial charge in [0, 0.05) is 24.2 Å². The summed E-state index contributed by atoms with van der Waals surface area (Å²) in [6.45, 7) is 1.66. The molecule has 0 spiro atoms. The summed E-state index contributed by atoms with van der Waals surface area (Å²) in [5.74, 6) is -7.11. The molecule has 0 radical (unpaired) electrons. The first-order chi connectivity index (χ1) is 12.3. The van der Waals surface area contributed by atoms with E-state index >= 15 is 0 Å². The average Bonchev–Trinajstić information content (AvgIpc) is 3.13. The molecule has 1 saturated heterocycles. The fourth-order valence-corrected chi connectivity index (χ4v) is 3.15. The van der Waals surface area contributed by atoms with Gasteiger partial charge < -0.3 is 10.0 Å². The number of nitrogens with zero attached hydrogens (tertiary/aromatic N) is 5. The van der Waals surface area contributed by atoms with E-state index in [0.29, 0.717) is 10.1 Å². The summed E-state index contributed by atoms with van der Waals surface area (Å²) in [6.07, 6.45) is -9.63. The van der Waals surface area contributed by atoms with Crippen molar-refractivity contribution in [3.05, 3.63) is 17.0 Å². The number of fused-ring (bicyclic) bond motifs is 1. The fourth-order valence-electron chi connectivity index (χ4n) is 3.15.